The molecule has 0 aliphatic rings. The van der Waals surface area contributed by atoms with Crippen LogP contribution in [-0.2, 0) is 6.54 Å². The highest BCUT2D eigenvalue weighted by Crippen LogP contribution is 2.22. The van der Waals surface area contributed by atoms with Gasteiger partial charge in [-0.2, -0.15) is 4.98 Å². The lowest BCUT2D eigenvalue weighted by Gasteiger charge is -2.07. The third-order valence-corrected chi connectivity index (χ3v) is 3.05. The molecule has 0 atom stereocenters. The molecule has 20 heavy (non-hydrogen) atoms. The smallest absolute Gasteiger partial charge is 0.269 e. The minimum absolute atomic E-state index is 0.0651. The summed E-state index contributed by atoms with van der Waals surface area (Å²) in [7, 11) is 1.52. The summed E-state index contributed by atoms with van der Waals surface area (Å²) in [6.45, 7) is 0.461. The molecular weight excluding hydrogens is 328 g/mol. The lowest BCUT2D eigenvalue weighted by Crippen LogP contribution is -2.04. The fourth-order valence-corrected chi connectivity index (χ4v) is 1.85. The van der Waals surface area contributed by atoms with Crippen LogP contribution >= 0.6 is 15.9 Å². The number of methoxy groups -OCH3 is 1. The average molecular weight is 339 g/mol. The Morgan fingerprint density at radius 1 is 1.40 bits per heavy atom. The van der Waals surface area contributed by atoms with Gasteiger partial charge in [-0.15, -0.1) is 0 Å². The molecule has 2 rings (SSSR count). The second kappa shape index (κ2) is 6.29. The van der Waals surface area contributed by atoms with Gasteiger partial charge < -0.3 is 10.1 Å². The molecule has 1 aromatic carbocycles. The molecule has 1 N–H and O–H groups in total. The van der Waals surface area contributed by atoms with Gasteiger partial charge in [-0.3, -0.25) is 10.1 Å². The highest BCUT2D eigenvalue weighted by Gasteiger charge is 2.06. The van der Waals surface area contributed by atoms with E-state index in [1.54, 1.807) is 18.3 Å². The largest absolute Gasteiger partial charge is 0.480 e. The molecule has 8 heteroatoms. The van der Waals surface area contributed by atoms with Gasteiger partial charge in [0.15, 0.2) is 0 Å². The van der Waals surface area contributed by atoms with Crippen LogP contribution in [0.1, 0.15) is 5.56 Å². The van der Waals surface area contributed by atoms with Gasteiger partial charge in [0, 0.05) is 18.7 Å². The minimum atomic E-state index is -0.431. The van der Waals surface area contributed by atoms with Crippen LogP contribution < -0.4 is 10.1 Å². The van der Waals surface area contributed by atoms with E-state index in [-0.39, 0.29) is 5.69 Å². The summed E-state index contributed by atoms with van der Waals surface area (Å²) in [4.78, 5) is 18.4. The third kappa shape index (κ3) is 3.41. The zero-order chi connectivity index (χ0) is 14.5. The van der Waals surface area contributed by atoms with E-state index in [2.05, 4.69) is 31.2 Å². The van der Waals surface area contributed by atoms with E-state index < -0.39 is 4.92 Å². The van der Waals surface area contributed by atoms with Crippen LogP contribution in [0, 0.1) is 10.1 Å². The molecule has 0 radical (unpaired) electrons. The first-order valence-corrected chi connectivity index (χ1v) is 6.43. The molecule has 0 amide bonds. The molecule has 0 unspecified atom stereocenters. The summed E-state index contributed by atoms with van der Waals surface area (Å²) in [6, 6.07) is 6.28. The Morgan fingerprint density at radius 3 is 2.70 bits per heavy atom. The molecule has 0 saturated heterocycles. The average Bonchev–Trinajstić information content (AvgIpc) is 2.46. The number of halogens is 1. The molecule has 104 valence electrons. The fourth-order valence-electron chi connectivity index (χ4n) is 1.50. The van der Waals surface area contributed by atoms with Crippen LogP contribution in [0.25, 0.3) is 0 Å². The van der Waals surface area contributed by atoms with Crippen molar-refractivity contribution in [2.45, 2.75) is 6.54 Å². The van der Waals surface area contributed by atoms with Gasteiger partial charge in [-0.25, -0.2) is 4.98 Å². The summed E-state index contributed by atoms with van der Waals surface area (Å²) in [5.41, 5.74) is 0.955. The molecule has 0 bridgehead atoms. The van der Waals surface area contributed by atoms with Crippen LogP contribution in [0.5, 0.6) is 5.88 Å². The first kappa shape index (κ1) is 14.2. The van der Waals surface area contributed by atoms with Crippen molar-refractivity contribution in [3.8, 4) is 5.88 Å². The van der Waals surface area contributed by atoms with Crippen molar-refractivity contribution in [3.05, 3.63) is 50.6 Å². The maximum absolute atomic E-state index is 10.5. The van der Waals surface area contributed by atoms with E-state index in [4.69, 9.17) is 4.74 Å². The van der Waals surface area contributed by atoms with Crippen molar-refractivity contribution >= 4 is 27.6 Å². The Hall–Kier alpha value is -2.22. The van der Waals surface area contributed by atoms with E-state index in [0.717, 1.165) is 5.56 Å². The van der Waals surface area contributed by atoms with E-state index >= 15 is 0 Å². The number of aromatic nitrogens is 2. The van der Waals surface area contributed by atoms with E-state index in [1.165, 1.54) is 19.2 Å². The van der Waals surface area contributed by atoms with Crippen LogP contribution in [0.15, 0.2) is 34.9 Å². The number of rotatable bonds is 5. The lowest BCUT2D eigenvalue weighted by atomic mass is 10.2. The molecule has 0 fully saturated rings. The Morgan fingerprint density at radius 2 is 2.10 bits per heavy atom. The summed E-state index contributed by atoms with van der Waals surface area (Å²) in [5, 5.41) is 13.6. The minimum Gasteiger partial charge on any atom is -0.480 e. The van der Waals surface area contributed by atoms with E-state index in [1.807, 2.05) is 0 Å². The number of nitrogens with one attached hydrogen (secondary N) is 1. The number of hydrogen-bond acceptors (Lipinski definition) is 6. The molecule has 2 aromatic rings. The number of nitro benzene ring substituents is 1. The number of nitro groups is 1. The standard InChI is InChI=1S/C12H11BrN4O3/c1-20-11-10(13)7-15-12(16-11)14-6-8-2-4-9(5-3-8)17(18)19/h2-5,7H,6H2,1H3,(H,14,15,16). The van der Waals surface area contributed by atoms with Gasteiger partial charge in [-0.05, 0) is 21.5 Å². The quantitative estimate of drug-likeness (QED) is 0.665. The highest BCUT2D eigenvalue weighted by atomic mass is 79.9. The number of nitrogens with zero attached hydrogens (tertiary/aromatic N) is 3. The topological polar surface area (TPSA) is 90.2 Å². The fraction of sp³-hybridized carbons (Fsp3) is 0.167. The van der Waals surface area contributed by atoms with Crippen molar-refractivity contribution in [1.82, 2.24) is 9.97 Å². The molecule has 1 heterocycles. The van der Waals surface area contributed by atoms with Gasteiger partial charge in [0.05, 0.1) is 22.7 Å². The zero-order valence-electron chi connectivity index (χ0n) is 10.5. The predicted molar refractivity (Wildman–Crippen MR) is 76.7 cm³/mol. The highest BCUT2D eigenvalue weighted by molar-refractivity contribution is 9.10. The molecule has 0 aliphatic carbocycles. The van der Waals surface area contributed by atoms with Crippen LogP contribution in [-0.4, -0.2) is 22.0 Å². The van der Waals surface area contributed by atoms with Crippen LogP contribution in [0.2, 0.25) is 0 Å². The van der Waals surface area contributed by atoms with E-state index in [9.17, 15) is 10.1 Å². The second-order valence-electron chi connectivity index (χ2n) is 3.83. The first-order valence-electron chi connectivity index (χ1n) is 5.64. The predicted octanol–water partition coefficient (Wildman–Crippen LogP) is 2.77. The number of benzene rings is 1. The van der Waals surface area contributed by atoms with Crippen molar-refractivity contribution in [2.24, 2.45) is 0 Å². The third-order valence-electron chi connectivity index (χ3n) is 2.50. The zero-order valence-corrected chi connectivity index (χ0v) is 12.1. The van der Waals surface area contributed by atoms with Crippen molar-refractivity contribution in [3.63, 3.8) is 0 Å². The Bertz CT molecular complexity index is 619. The van der Waals surface area contributed by atoms with Crippen LogP contribution in [0.3, 0.4) is 0 Å². The summed E-state index contributed by atoms with van der Waals surface area (Å²) in [6.07, 6.45) is 1.59. The van der Waals surface area contributed by atoms with Crippen molar-refractivity contribution in [1.29, 1.82) is 0 Å². The normalized spacial score (nSPS) is 10.1. The molecule has 0 aliphatic heterocycles. The van der Waals surface area contributed by atoms with Crippen LogP contribution in [0.4, 0.5) is 11.6 Å². The molecule has 0 saturated carbocycles. The molecule has 7 nitrogen and oxygen atoms in total. The van der Waals surface area contributed by atoms with Crippen molar-refractivity contribution in [2.75, 3.05) is 12.4 Å². The number of non-ortho nitro benzene ring substituents is 1. The van der Waals surface area contributed by atoms with Gasteiger partial charge >= 0.3 is 0 Å². The summed E-state index contributed by atoms with van der Waals surface area (Å²) < 4.78 is 5.73. The second-order valence-corrected chi connectivity index (χ2v) is 4.68. The maximum Gasteiger partial charge on any atom is 0.269 e. The Labute approximate surface area is 123 Å². The molecule has 0 spiro atoms. The summed E-state index contributed by atoms with van der Waals surface area (Å²) >= 11 is 3.27. The van der Waals surface area contributed by atoms with Gasteiger partial charge in [0.2, 0.25) is 11.8 Å². The molecule has 1 aromatic heterocycles. The van der Waals surface area contributed by atoms with Gasteiger partial charge in [-0.1, -0.05) is 12.1 Å². The number of anilines is 1. The SMILES string of the molecule is COc1nc(NCc2ccc([N+](=O)[O-])cc2)ncc1Br. The Kier molecular flexibility index (Phi) is 4.46. The lowest BCUT2D eigenvalue weighted by molar-refractivity contribution is -0.384. The maximum atomic E-state index is 10.5. The first-order chi connectivity index (χ1) is 9.60. The Balaban J connectivity index is 2.03. The number of hydrogen-bond donors (Lipinski definition) is 1. The van der Waals surface area contributed by atoms with Crippen molar-refractivity contribution < 1.29 is 9.66 Å². The van der Waals surface area contributed by atoms with E-state index in [0.29, 0.717) is 22.8 Å². The monoisotopic (exact) mass is 338 g/mol. The number of ether oxygens (including phenoxy) is 1. The van der Waals surface area contributed by atoms with Gasteiger partial charge in [0.25, 0.3) is 5.69 Å². The summed E-state index contributed by atoms with van der Waals surface area (Å²) in [5.74, 6) is 0.856. The van der Waals surface area contributed by atoms with Gasteiger partial charge in [0.1, 0.15) is 0 Å². The molecular formula is C12H11BrN4O3.